The number of rotatable bonds is 10. The molecule has 0 bridgehead atoms. The molecule has 1 aromatic heterocycles. The molecule has 0 unspecified atom stereocenters. The van der Waals surface area contributed by atoms with E-state index in [1.54, 1.807) is 11.0 Å². The Kier molecular flexibility index (Phi) is 9.97. The number of hydrogen-bond acceptors (Lipinski definition) is 6. The standard InChI is InChI=1S/C27H29FN4O3S2.ClH/c1-30(2)16-7-17-32(27-29-24-15-12-22(28)18-25(24)36-27)26(33)21-10-13-23(14-11-21)37(34,35)31(3)19-20-8-5-4-6-9-20;/h4-6,8-15,18H,7,16-17,19H2,1-3H3;1H. The molecule has 0 N–H and O–H groups in total. The monoisotopic (exact) mass is 576 g/mol. The fourth-order valence-corrected chi connectivity index (χ4v) is 6.04. The zero-order valence-corrected chi connectivity index (χ0v) is 23.8. The summed E-state index contributed by atoms with van der Waals surface area (Å²) in [5.41, 5.74) is 1.85. The van der Waals surface area contributed by atoms with Crippen molar-refractivity contribution >= 4 is 55.0 Å². The number of thiazole rings is 1. The predicted octanol–water partition coefficient (Wildman–Crippen LogP) is 5.28. The maximum atomic E-state index is 13.7. The molecule has 4 rings (SSSR count). The van der Waals surface area contributed by atoms with E-state index < -0.39 is 10.0 Å². The number of sulfonamides is 1. The molecule has 0 radical (unpaired) electrons. The normalized spacial score (nSPS) is 11.6. The van der Waals surface area contributed by atoms with Gasteiger partial charge in [0, 0.05) is 25.7 Å². The lowest BCUT2D eigenvalue weighted by Crippen LogP contribution is -2.33. The van der Waals surface area contributed by atoms with Crippen LogP contribution in [0.2, 0.25) is 0 Å². The first-order valence-corrected chi connectivity index (χ1v) is 14.0. The van der Waals surface area contributed by atoms with Gasteiger partial charge in [-0.25, -0.2) is 17.8 Å². The lowest BCUT2D eigenvalue weighted by atomic mass is 10.2. The number of aromatic nitrogens is 1. The van der Waals surface area contributed by atoms with E-state index in [1.807, 2.05) is 49.3 Å². The zero-order chi connectivity index (χ0) is 26.6. The van der Waals surface area contributed by atoms with Crippen LogP contribution in [0.3, 0.4) is 0 Å². The van der Waals surface area contributed by atoms with Crippen LogP contribution in [0.15, 0.2) is 77.7 Å². The van der Waals surface area contributed by atoms with Gasteiger partial charge in [0.2, 0.25) is 10.0 Å². The molecule has 0 spiro atoms. The topological polar surface area (TPSA) is 73.8 Å². The predicted molar refractivity (Wildman–Crippen MR) is 153 cm³/mol. The average molecular weight is 577 g/mol. The number of benzene rings is 3. The molecule has 0 saturated carbocycles. The molecule has 0 saturated heterocycles. The summed E-state index contributed by atoms with van der Waals surface area (Å²) in [4.78, 5) is 21.8. The van der Waals surface area contributed by atoms with Crippen molar-refractivity contribution in [2.24, 2.45) is 0 Å². The number of halogens is 2. The Hall–Kier alpha value is -2.89. The maximum absolute atomic E-state index is 13.7. The van der Waals surface area contributed by atoms with Gasteiger partial charge in [-0.05, 0) is 75.1 Å². The molecule has 38 heavy (non-hydrogen) atoms. The third-order valence-corrected chi connectivity index (χ3v) is 8.72. The first kappa shape index (κ1) is 29.7. The molecular formula is C27H30ClFN4O3S2. The van der Waals surface area contributed by atoms with E-state index in [0.29, 0.717) is 33.9 Å². The van der Waals surface area contributed by atoms with Gasteiger partial charge in [0.1, 0.15) is 5.82 Å². The highest BCUT2D eigenvalue weighted by Crippen LogP contribution is 2.30. The molecule has 0 aliphatic carbocycles. The van der Waals surface area contributed by atoms with Gasteiger partial charge in [-0.15, -0.1) is 12.4 Å². The SMILES string of the molecule is CN(C)CCCN(C(=O)c1ccc(S(=O)(=O)N(C)Cc2ccccc2)cc1)c1nc2ccc(F)cc2s1.Cl. The van der Waals surface area contributed by atoms with Crippen molar-refractivity contribution < 1.29 is 17.6 Å². The molecule has 3 aromatic carbocycles. The second-order valence-corrected chi connectivity index (χ2v) is 12.0. The van der Waals surface area contributed by atoms with E-state index in [9.17, 15) is 17.6 Å². The summed E-state index contributed by atoms with van der Waals surface area (Å²) in [6.07, 6.45) is 0.708. The number of anilines is 1. The fraction of sp³-hybridized carbons (Fsp3) is 0.259. The largest absolute Gasteiger partial charge is 0.309 e. The summed E-state index contributed by atoms with van der Waals surface area (Å²) in [5, 5.41) is 0.476. The molecule has 0 fully saturated rings. The van der Waals surface area contributed by atoms with E-state index in [2.05, 4.69) is 4.98 Å². The van der Waals surface area contributed by atoms with Gasteiger partial charge in [0.05, 0.1) is 15.1 Å². The summed E-state index contributed by atoms with van der Waals surface area (Å²) in [6.45, 7) is 1.43. The zero-order valence-electron chi connectivity index (χ0n) is 21.4. The number of amides is 1. The minimum Gasteiger partial charge on any atom is -0.309 e. The van der Waals surface area contributed by atoms with Crippen molar-refractivity contribution in [1.82, 2.24) is 14.2 Å². The lowest BCUT2D eigenvalue weighted by Gasteiger charge is -2.21. The maximum Gasteiger partial charge on any atom is 0.260 e. The van der Waals surface area contributed by atoms with Gasteiger partial charge in [-0.2, -0.15) is 4.31 Å². The Bertz CT molecular complexity index is 1480. The first-order chi connectivity index (χ1) is 17.6. The third-order valence-electron chi connectivity index (χ3n) is 5.86. The van der Waals surface area contributed by atoms with Gasteiger partial charge in [0.15, 0.2) is 5.13 Å². The molecule has 0 aliphatic rings. The van der Waals surface area contributed by atoms with Gasteiger partial charge >= 0.3 is 0 Å². The highest BCUT2D eigenvalue weighted by molar-refractivity contribution is 7.89. The molecule has 0 aliphatic heterocycles. The summed E-state index contributed by atoms with van der Waals surface area (Å²) < 4.78 is 41.8. The van der Waals surface area contributed by atoms with E-state index in [1.165, 1.54) is 59.1 Å². The number of fused-ring (bicyclic) bond motifs is 1. The smallest absolute Gasteiger partial charge is 0.260 e. The minimum absolute atomic E-state index is 0. The van der Waals surface area contributed by atoms with Crippen LogP contribution in [-0.2, 0) is 16.6 Å². The van der Waals surface area contributed by atoms with Crippen molar-refractivity contribution in [3.8, 4) is 0 Å². The average Bonchev–Trinajstić information content (AvgIpc) is 3.29. The summed E-state index contributed by atoms with van der Waals surface area (Å²) in [5.74, 6) is -0.651. The molecule has 4 aromatic rings. The van der Waals surface area contributed by atoms with Gasteiger partial charge in [-0.1, -0.05) is 41.7 Å². The van der Waals surface area contributed by atoms with Crippen molar-refractivity contribution in [1.29, 1.82) is 0 Å². The summed E-state index contributed by atoms with van der Waals surface area (Å²) in [7, 11) is 1.71. The van der Waals surface area contributed by atoms with Crippen LogP contribution >= 0.6 is 23.7 Å². The van der Waals surface area contributed by atoms with E-state index >= 15 is 0 Å². The quantitative estimate of drug-likeness (QED) is 0.257. The van der Waals surface area contributed by atoms with Crippen molar-refractivity contribution in [2.45, 2.75) is 17.9 Å². The van der Waals surface area contributed by atoms with E-state index in [0.717, 1.165) is 12.1 Å². The Labute approximate surface area is 233 Å². The van der Waals surface area contributed by atoms with Crippen molar-refractivity contribution in [3.05, 3.63) is 89.7 Å². The molecule has 0 atom stereocenters. The first-order valence-electron chi connectivity index (χ1n) is 11.8. The Morgan fingerprint density at radius 1 is 0.947 bits per heavy atom. The summed E-state index contributed by atoms with van der Waals surface area (Å²) in [6, 6.07) is 19.7. The van der Waals surface area contributed by atoms with E-state index in [-0.39, 0.29) is 35.6 Å². The van der Waals surface area contributed by atoms with E-state index in [4.69, 9.17) is 0 Å². The molecular weight excluding hydrogens is 547 g/mol. The highest BCUT2D eigenvalue weighted by Gasteiger charge is 2.24. The third kappa shape index (κ3) is 6.95. The van der Waals surface area contributed by atoms with Crippen molar-refractivity contribution in [3.63, 3.8) is 0 Å². The van der Waals surface area contributed by atoms with Gasteiger partial charge in [-0.3, -0.25) is 9.69 Å². The van der Waals surface area contributed by atoms with Crippen LogP contribution in [0.25, 0.3) is 10.2 Å². The number of carbonyl (C=O) groups excluding carboxylic acids is 1. The van der Waals surface area contributed by atoms with Gasteiger partial charge in [0.25, 0.3) is 5.91 Å². The molecule has 7 nitrogen and oxygen atoms in total. The van der Waals surface area contributed by atoms with Crippen LogP contribution in [0.5, 0.6) is 0 Å². The summed E-state index contributed by atoms with van der Waals surface area (Å²) >= 11 is 1.25. The fourth-order valence-electron chi connectivity index (χ4n) is 3.86. The van der Waals surface area contributed by atoms with Crippen LogP contribution in [0.4, 0.5) is 9.52 Å². The highest BCUT2D eigenvalue weighted by atomic mass is 35.5. The molecule has 1 amide bonds. The molecule has 1 heterocycles. The van der Waals surface area contributed by atoms with Crippen LogP contribution in [-0.4, -0.2) is 62.7 Å². The minimum atomic E-state index is -3.74. The second kappa shape index (κ2) is 12.8. The van der Waals surface area contributed by atoms with Crippen LogP contribution < -0.4 is 4.90 Å². The molecule has 11 heteroatoms. The number of hydrogen-bond donors (Lipinski definition) is 0. The Morgan fingerprint density at radius 3 is 2.29 bits per heavy atom. The Balaban J connectivity index is 0.00000400. The van der Waals surface area contributed by atoms with Gasteiger partial charge < -0.3 is 4.90 Å². The lowest BCUT2D eigenvalue weighted by molar-refractivity contribution is 0.0986. The van der Waals surface area contributed by atoms with Crippen LogP contribution in [0, 0.1) is 5.82 Å². The number of nitrogens with zero attached hydrogens (tertiary/aromatic N) is 4. The van der Waals surface area contributed by atoms with Crippen molar-refractivity contribution in [2.75, 3.05) is 39.1 Å². The second-order valence-electron chi connectivity index (χ2n) is 8.99. The Morgan fingerprint density at radius 2 is 1.63 bits per heavy atom. The van der Waals surface area contributed by atoms with Crippen LogP contribution in [0.1, 0.15) is 22.3 Å². The number of carbonyl (C=O) groups is 1. The molecule has 202 valence electrons.